The molecule has 5 aromatic heterocycles. The number of hydrogen-bond acceptors (Lipinski definition) is 13. The van der Waals surface area contributed by atoms with Gasteiger partial charge in [-0.15, -0.1) is 10.2 Å². The number of sulfonamides is 1. The predicted octanol–water partition coefficient (Wildman–Crippen LogP) is 6.15. The summed E-state index contributed by atoms with van der Waals surface area (Å²) < 4.78 is 30.2. The maximum absolute atomic E-state index is 13.8. The molecule has 1 saturated carbocycles. The van der Waals surface area contributed by atoms with Gasteiger partial charge in [0.2, 0.25) is 10.0 Å². The number of fused-ring (bicyclic) bond motifs is 1. The minimum Gasteiger partial charge on any atom is -0.481 e. The molecule has 0 atom stereocenters. The lowest BCUT2D eigenvalue weighted by atomic mass is 9.89. The zero-order valence-electron chi connectivity index (χ0n) is 29.4. The monoisotopic (exact) mass is 746 g/mol. The van der Waals surface area contributed by atoms with E-state index in [1.165, 1.54) is 30.6 Å². The summed E-state index contributed by atoms with van der Waals surface area (Å²) in [7, 11) is -2.30. The Bertz CT molecular complexity index is 2150. The molecule has 5 heterocycles. The molecular weight excluding hydrogens is 705 g/mol. The standard InChI is InChI=1S/C35H42N10O5S2/c1-22-19-29(41-42-32(22)40-35-38-27-13-10-17-36-34(27)51-35)44(3)28-16-15-25(26-20-37-45(23(26)2)21-24-11-6-4-7-12-24)31(39-28)33(48)43-52(49,50)18-9-5-8-14-30(46)47/h10,13,15-17,19-20,24H,4-9,11-12,14,18,21H2,1-3H3,(H,43,48)(H,46,47)(H,38,40,42). The van der Waals surface area contributed by atoms with E-state index in [2.05, 4.69) is 35.3 Å². The molecule has 0 aliphatic heterocycles. The van der Waals surface area contributed by atoms with Gasteiger partial charge in [-0.2, -0.15) is 5.10 Å². The number of carboxylic acids is 1. The molecule has 52 heavy (non-hydrogen) atoms. The van der Waals surface area contributed by atoms with Crippen LogP contribution < -0.4 is 14.9 Å². The molecule has 1 fully saturated rings. The molecule has 0 spiro atoms. The van der Waals surface area contributed by atoms with Crippen molar-refractivity contribution >= 4 is 66.2 Å². The van der Waals surface area contributed by atoms with E-state index in [0.717, 1.165) is 41.0 Å². The lowest BCUT2D eigenvalue weighted by Crippen LogP contribution is -2.33. The lowest BCUT2D eigenvalue weighted by molar-refractivity contribution is -0.137. The molecule has 1 aliphatic rings. The summed E-state index contributed by atoms with van der Waals surface area (Å²) in [5, 5.41) is 26.2. The summed E-state index contributed by atoms with van der Waals surface area (Å²) >= 11 is 1.40. The number of nitrogens with zero attached hydrogens (tertiary/aromatic N) is 8. The average Bonchev–Trinajstić information content (AvgIpc) is 3.70. The topological polar surface area (TPSA) is 198 Å². The van der Waals surface area contributed by atoms with Crippen LogP contribution in [0.25, 0.3) is 21.5 Å². The summed E-state index contributed by atoms with van der Waals surface area (Å²) in [5.74, 6) is -0.287. The number of carbonyl (C=O) groups is 2. The highest BCUT2D eigenvalue weighted by atomic mass is 32.2. The number of carboxylic acid groups (broad SMARTS) is 1. The van der Waals surface area contributed by atoms with Crippen LogP contribution in [0.3, 0.4) is 0 Å². The van der Waals surface area contributed by atoms with Crippen molar-refractivity contribution in [2.24, 2.45) is 5.92 Å². The summed E-state index contributed by atoms with van der Waals surface area (Å²) in [4.78, 5) is 40.7. The van der Waals surface area contributed by atoms with Gasteiger partial charge in [-0.05, 0) is 81.3 Å². The summed E-state index contributed by atoms with van der Waals surface area (Å²) in [6.45, 7) is 4.60. The summed E-state index contributed by atoms with van der Waals surface area (Å²) in [6.07, 6.45) is 10.3. The van der Waals surface area contributed by atoms with Crippen molar-refractivity contribution in [2.75, 3.05) is 23.0 Å². The smallest absolute Gasteiger partial charge is 0.303 e. The normalized spacial score (nSPS) is 13.7. The highest BCUT2D eigenvalue weighted by Gasteiger charge is 2.25. The van der Waals surface area contributed by atoms with Gasteiger partial charge in [-0.3, -0.25) is 14.3 Å². The molecule has 274 valence electrons. The number of aryl methyl sites for hydroxylation is 1. The Morgan fingerprint density at radius 2 is 1.83 bits per heavy atom. The maximum Gasteiger partial charge on any atom is 0.303 e. The number of aliphatic carboxylic acids is 1. The fraction of sp³-hybridized carbons (Fsp3) is 0.429. The van der Waals surface area contributed by atoms with E-state index in [0.29, 0.717) is 52.5 Å². The molecule has 15 nitrogen and oxygen atoms in total. The van der Waals surface area contributed by atoms with Gasteiger partial charge in [-0.1, -0.05) is 37.0 Å². The van der Waals surface area contributed by atoms with E-state index >= 15 is 0 Å². The Kier molecular flexibility index (Phi) is 11.4. The number of pyridine rings is 2. The minimum absolute atomic E-state index is 0.0439. The second-order valence-corrected chi connectivity index (χ2v) is 15.9. The number of rotatable bonds is 15. The van der Waals surface area contributed by atoms with Crippen LogP contribution in [0.15, 0.2) is 42.7 Å². The van der Waals surface area contributed by atoms with Gasteiger partial charge < -0.3 is 15.3 Å². The number of carbonyl (C=O) groups excluding carboxylic acids is 1. The second-order valence-electron chi connectivity index (χ2n) is 13.1. The molecule has 5 aromatic rings. The van der Waals surface area contributed by atoms with Crippen molar-refractivity contribution in [3.05, 3.63) is 59.7 Å². The Labute approximate surface area is 306 Å². The molecule has 1 aliphatic carbocycles. The first-order valence-corrected chi connectivity index (χ1v) is 19.8. The van der Waals surface area contributed by atoms with Crippen molar-refractivity contribution in [1.29, 1.82) is 0 Å². The van der Waals surface area contributed by atoms with Crippen molar-refractivity contribution in [1.82, 2.24) is 39.7 Å². The highest BCUT2D eigenvalue weighted by molar-refractivity contribution is 7.90. The molecule has 0 unspecified atom stereocenters. The highest BCUT2D eigenvalue weighted by Crippen LogP contribution is 2.33. The van der Waals surface area contributed by atoms with E-state index in [-0.39, 0.29) is 24.3 Å². The van der Waals surface area contributed by atoms with Crippen molar-refractivity contribution in [3.8, 4) is 11.1 Å². The number of nitrogens with one attached hydrogen (secondary N) is 2. The van der Waals surface area contributed by atoms with Crippen LogP contribution in [-0.2, 0) is 21.4 Å². The van der Waals surface area contributed by atoms with Crippen LogP contribution in [0.1, 0.15) is 79.5 Å². The fourth-order valence-electron chi connectivity index (χ4n) is 6.32. The van der Waals surface area contributed by atoms with Crippen LogP contribution >= 0.6 is 11.3 Å². The predicted molar refractivity (Wildman–Crippen MR) is 200 cm³/mol. The lowest BCUT2D eigenvalue weighted by Gasteiger charge is -2.22. The molecule has 6 rings (SSSR count). The number of unbranched alkanes of at least 4 members (excludes halogenated alkanes) is 2. The number of aromatic nitrogens is 7. The van der Waals surface area contributed by atoms with Crippen molar-refractivity contribution in [3.63, 3.8) is 0 Å². The Morgan fingerprint density at radius 1 is 1.02 bits per heavy atom. The fourth-order valence-corrected chi connectivity index (χ4v) is 8.19. The van der Waals surface area contributed by atoms with Crippen molar-refractivity contribution < 1.29 is 23.1 Å². The van der Waals surface area contributed by atoms with E-state index in [4.69, 9.17) is 10.1 Å². The zero-order chi connectivity index (χ0) is 36.8. The molecular formula is C35H42N10O5S2. The average molecular weight is 747 g/mol. The third-order valence-corrected chi connectivity index (χ3v) is 11.5. The number of thiazole rings is 1. The van der Waals surface area contributed by atoms with Gasteiger partial charge >= 0.3 is 5.97 Å². The summed E-state index contributed by atoms with van der Waals surface area (Å²) in [6, 6.07) is 9.04. The first-order chi connectivity index (χ1) is 25.0. The van der Waals surface area contributed by atoms with Crippen LogP contribution in [0.2, 0.25) is 0 Å². The molecule has 3 N–H and O–H groups in total. The Hall–Kier alpha value is -5.03. The third kappa shape index (κ3) is 8.88. The first-order valence-electron chi connectivity index (χ1n) is 17.3. The molecule has 0 radical (unpaired) electrons. The van der Waals surface area contributed by atoms with Gasteiger partial charge in [0, 0.05) is 43.0 Å². The molecule has 0 bridgehead atoms. The SMILES string of the molecule is Cc1cc(N(C)c2ccc(-c3cnn(CC4CCCCC4)c3C)c(C(=O)NS(=O)(=O)CCCCCC(=O)O)n2)nnc1Nc1nc2cccnc2s1. The van der Waals surface area contributed by atoms with Gasteiger partial charge in [-0.25, -0.2) is 28.1 Å². The summed E-state index contributed by atoms with van der Waals surface area (Å²) in [5.41, 5.74) is 3.48. The molecule has 0 saturated heterocycles. The third-order valence-electron chi connectivity index (χ3n) is 9.25. The van der Waals surface area contributed by atoms with E-state index in [1.807, 2.05) is 36.7 Å². The molecule has 0 aromatic carbocycles. The number of anilines is 4. The van der Waals surface area contributed by atoms with Gasteiger partial charge in [0.15, 0.2) is 16.8 Å². The Morgan fingerprint density at radius 3 is 2.58 bits per heavy atom. The zero-order valence-corrected chi connectivity index (χ0v) is 31.0. The van der Waals surface area contributed by atoms with E-state index in [1.54, 1.807) is 36.5 Å². The number of hydrogen-bond donors (Lipinski definition) is 3. The largest absolute Gasteiger partial charge is 0.481 e. The number of amides is 1. The van der Waals surface area contributed by atoms with Crippen LogP contribution in [0, 0.1) is 19.8 Å². The van der Waals surface area contributed by atoms with E-state index < -0.39 is 21.9 Å². The molecule has 1 amide bonds. The maximum atomic E-state index is 13.8. The Balaban J connectivity index is 1.26. The van der Waals surface area contributed by atoms with Gasteiger partial charge in [0.25, 0.3) is 5.91 Å². The molecule has 17 heteroatoms. The van der Waals surface area contributed by atoms with Crippen LogP contribution in [0.4, 0.5) is 22.6 Å². The first kappa shape index (κ1) is 36.8. The van der Waals surface area contributed by atoms with Crippen molar-refractivity contribution in [2.45, 2.75) is 78.2 Å². The minimum atomic E-state index is -4.04. The van der Waals surface area contributed by atoms with Gasteiger partial charge in [0.05, 0.1) is 11.9 Å². The quantitative estimate of drug-likeness (QED) is 0.103. The van der Waals surface area contributed by atoms with Gasteiger partial charge in [0.1, 0.15) is 21.9 Å². The van der Waals surface area contributed by atoms with E-state index in [9.17, 15) is 18.0 Å². The van der Waals surface area contributed by atoms with Crippen LogP contribution in [-0.4, -0.2) is 73.1 Å². The second kappa shape index (κ2) is 16.1. The van der Waals surface area contributed by atoms with Crippen LogP contribution in [0.5, 0.6) is 0 Å².